The predicted molar refractivity (Wildman–Crippen MR) is 77.6 cm³/mol. The Labute approximate surface area is 118 Å². The highest BCUT2D eigenvalue weighted by atomic mass is 32.1. The molecule has 1 saturated heterocycles. The molecule has 5 nitrogen and oxygen atoms in total. The Morgan fingerprint density at radius 2 is 2.16 bits per heavy atom. The molecule has 1 aromatic rings. The number of nitrogens with zero attached hydrogens (tertiary/aromatic N) is 4. The summed E-state index contributed by atoms with van der Waals surface area (Å²) in [6.45, 7) is 5.99. The van der Waals surface area contributed by atoms with Gasteiger partial charge >= 0.3 is 0 Å². The summed E-state index contributed by atoms with van der Waals surface area (Å²) in [6.07, 6.45) is 2.02. The minimum absolute atomic E-state index is 0.0927. The highest BCUT2D eigenvalue weighted by Crippen LogP contribution is 2.29. The Balaban J connectivity index is 2.06. The second-order valence-electron chi connectivity index (χ2n) is 5.60. The molecule has 0 spiro atoms. The van der Waals surface area contributed by atoms with E-state index in [2.05, 4.69) is 28.9 Å². The number of hydrogen-bond donors (Lipinski definition) is 0. The van der Waals surface area contributed by atoms with Crippen LogP contribution in [0.4, 0.5) is 5.13 Å². The molecule has 1 amide bonds. The van der Waals surface area contributed by atoms with E-state index in [9.17, 15) is 4.79 Å². The van der Waals surface area contributed by atoms with Gasteiger partial charge in [0.15, 0.2) is 0 Å². The maximum Gasteiger partial charge on any atom is 0.226 e. The first-order valence-corrected chi connectivity index (χ1v) is 7.60. The maximum absolute atomic E-state index is 12.1. The zero-order chi connectivity index (χ0) is 14.0. The number of carbonyl (C=O) groups excluding carboxylic acids is 1. The van der Waals surface area contributed by atoms with Crippen molar-refractivity contribution in [1.82, 2.24) is 15.1 Å². The molecule has 106 valence electrons. The smallest absolute Gasteiger partial charge is 0.226 e. The summed E-state index contributed by atoms with van der Waals surface area (Å²) >= 11 is 1.65. The molecule has 1 aromatic heterocycles. The van der Waals surface area contributed by atoms with Gasteiger partial charge in [-0.3, -0.25) is 4.79 Å². The molecular weight excluding hydrogens is 260 g/mol. The molecule has 0 aromatic carbocycles. The molecular formula is C13H22N4OS. The van der Waals surface area contributed by atoms with E-state index in [1.807, 2.05) is 14.1 Å². The summed E-state index contributed by atoms with van der Waals surface area (Å²) in [4.78, 5) is 16.0. The highest BCUT2D eigenvalue weighted by Gasteiger charge is 2.28. The van der Waals surface area contributed by atoms with E-state index in [0.29, 0.717) is 5.92 Å². The van der Waals surface area contributed by atoms with Crippen molar-refractivity contribution in [2.75, 3.05) is 32.1 Å². The molecule has 1 atom stereocenters. The van der Waals surface area contributed by atoms with Crippen molar-refractivity contribution in [2.45, 2.75) is 32.6 Å². The Morgan fingerprint density at radius 1 is 1.42 bits per heavy atom. The molecule has 1 unspecified atom stereocenters. The molecule has 1 fully saturated rings. The van der Waals surface area contributed by atoms with Gasteiger partial charge in [-0.25, -0.2) is 0 Å². The predicted octanol–water partition coefficient (Wildman–Crippen LogP) is 1.97. The Kier molecular flexibility index (Phi) is 4.39. The van der Waals surface area contributed by atoms with Crippen LogP contribution in [-0.4, -0.2) is 48.2 Å². The molecule has 0 saturated carbocycles. The summed E-state index contributed by atoms with van der Waals surface area (Å²) < 4.78 is 0. The minimum Gasteiger partial charge on any atom is -0.349 e. The summed E-state index contributed by atoms with van der Waals surface area (Å²) in [6, 6.07) is 0. The standard InChI is InChI=1S/C13H22N4OS/c1-9(2)11-14-15-13(19-11)17-7-5-6-10(8-17)12(18)16(3)4/h9-10H,5-8H2,1-4H3. The summed E-state index contributed by atoms with van der Waals surface area (Å²) in [5, 5.41) is 10.5. The van der Waals surface area contributed by atoms with Crippen LogP contribution in [0.3, 0.4) is 0 Å². The lowest BCUT2D eigenvalue weighted by Crippen LogP contribution is -2.42. The highest BCUT2D eigenvalue weighted by molar-refractivity contribution is 7.15. The second kappa shape index (κ2) is 5.86. The van der Waals surface area contributed by atoms with Crippen molar-refractivity contribution in [1.29, 1.82) is 0 Å². The van der Waals surface area contributed by atoms with E-state index in [1.165, 1.54) is 0 Å². The zero-order valence-electron chi connectivity index (χ0n) is 12.1. The third-order valence-corrected chi connectivity index (χ3v) is 4.69. The van der Waals surface area contributed by atoms with E-state index in [4.69, 9.17) is 0 Å². The topological polar surface area (TPSA) is 49.3 Å². The average Bonchev–Trinajstić information content (AvgIpc) is 2.87. The fourth-order valence-electron chi connectivity index (χ4n) is 2.31. The van der Waals surface area contributed by atoms with Gasteiger partial charge in [-0.15, -0.1) is 10.2 Å². The van der Waals surface area contributed by atoms with Crippen molar-refractivity contribution in [3.63, 3.8) is 0 Å². The zero-order valence-corrected chi connectivity index (χ0v) is 12.9. The number of hydrogen-bond acceptors (Lipinski definition) is 5. The first-order valence-electron chi connectivity index (χ1n) is 6.78. The second-order valence-corrected chi connectivity index (χ2v) is 6.58. The number of aromatic nitrogens is 2. The molecule has 2 heterocycles. The normalized spacial score (nSPS) is 19.8. The molecule has 0 aliphatic carbocycles. The van der Waals surface area contributed by atoms with E-state index < -0.39 is 0 Å². The lowest BCUT2D eigenvalue weighted by Gasteiger charge is -2.32. The Hall–Kier alpha value is -1.17. The molecule has 2 rings (SSSR count). The Bertz CT molecular complexity index is 444. The molecule has 0 bridgehead atoms. The van der Waals surface area contributed by atoms with E-state index in [-0.39, 0.29) is 11.8 Å². The first kappa shape index (κ1) is 14.2. The molecule has 1 aliphatic heterocycles. The van der Waals surface area contributed by atoms with Crippen LogP contribution in [-0.2, 0) is 4.79 Å². The first-order chi connectivity index (χ1) is 8.99. The van der Waals surface area contributed by atoms with Gasteiger partial charge in [0.1, 0.15) is 5.01 Å². The Morgan fingerprint density at radius 3 is 2.74 bits per heavy atom. The fraction of sp³-hybridized carbons (Fsp3) is 0.769. The van der Waals surface area contributed by atoms with Crippen LogP contribution in [0.15, 0.2) is 0 Å². The maximum atomic E-state index is 12.1. The lowest BCUT2D eigenvalue weighted by molar-refractivity contribution is -0.133. The molecule has 1 aliphatic rings. The van der Waals surface area contributed by atoms with Crippen LogP contribution in [0.25, 0.3) is 0 Å². The number of amides is 1. The van der Waals surface area contributed by atoms with E-state index in [0.717, 1.165) is 36.1 Å². The minimum atomic E-state index is 0.0927. The van der Waals surface area contributed by atoms with Crippen LogP contribution in [0.2, 0.25) is 0 Å². The fourth-order valence-corrected chi connectivity index (χ4v) is 3.19. The number of anilines is 1. The van der Waals surface area contributed by atoms with Crippen LogP contribution >= 0.6 is 11.3 Å². The van der Waals surface area contributed by atoms with Crippen LogP contribution in [0.5, 0.6) is 0 Å². The van der Waals surface area contributed by atoms with Gasteiger partial charge in [-0.1, -0.05) is 25.2 Å². The van der Waals surface area contributed by atoms with Crippen molar-refractivity contribution in [3.05, 3.63) is 5.01 Å². The monoisotopic (exact) mass is 282 g/mol. The molecule has 0 N–H and O–H groups in total. The molecule has 0 radical (unpaired) electrons. The number of piperidine rings is 1. The van der Waals surface area contributed by atoms with Crippen molar-refractivity contribution >= 4 is 22.4 Å². The van der Waals surface area contributed by atoms with E-state index in [1.54, 1.807) is 16.2 Å². The third-order valence-electron chi connectivity index (χ3n) is 3.41. The van der Waals surface area contributed by atoms with Crippen molar-refractivity contribution in [3.8, 4) is 0 Å². The number of rotatable bonds is 3. The average molecular weight is 282 g/mol. The largest absolute Gasteiger partial charge is 0.349 e. The van der Waals surface area contributed by atoms with Gasteiger partial charge in [0.25, 0.3) is 0 Å². The van der Waals surface area contributed by atoms with Gasteiger partial charge in [-0.2, -0.15) is 0 Å². The van der Waals surface area contributed by atoms with Crippen molar-refractivity contribution < 1.29 is 4.79 Å². The van der Waals surface area contributed by atoms with Gasteiger partial charge < -0.3 is 9.80 Å². The van der Waals surface area contributed by atoms with Crippen LogP contribution < -0.4 is 4.90 Å². The molecule has 19 heavy (non-hydrogen) atoms. The summed E-state index contributed by atoms with van der Waals surface area (Å²) in [7, 11) is 3.65. The molecule has 6 heteroatoms. The van der Waals surface area contributed by atoms with Gasteiger partial charge in [-0.05, 0) is 12.8 Å². The van der Waals surface area contributed by atoms with Crippen LogP contribution in [0.1, 0.15) is 37.6 Å². The summed E-state index contributed by atoms with van der Waals surface area (Å²) in [5.41, 5.74) is 0. The van der Waals surface area contributed by atoms with Crippen molar-refractivity contribution in [2.24, 2.45) is 5.92 Å². The number of carbonyl (C=O) groups is 1. The lowest BCUT2D eigenvalue weighted by atomic mass is 9.97. The van der Waals surface area contributed by atoms with Gasteiger partial charge in [0.2, 0.25) is 11.0 Å². The SMILES string of the molecule is CC(C)c1nnc(N2CCCC(C(=O)N(C)C)C2)s1. The van der Waals surface area contributed by atoms with Gasteiger partial charge in [0.05, 0.1) is 5.92 Å². The van der Waals surface area contributed by atoms with Crippen LogP contribution in [0, 0.1) is 5.92 Å². The quantitative estimate of drug-likeness (QED) is 0.850. The van der Waals surface area contributed by atoms with Gasteiger partial charge in [0, 0.05) is 33.1 Å². The van der Waals surface area contributed by atoms with E-state index >= 15 is 0 Å². The summed E-state index contributed by atoms with van der Waals surface area (Å²) in [5.74, 6) is 0.726. The third kappa shape index (κ3) is 3.23.